The molecule has 16 heavy (non-hydrogen) atoms. The molecule has 0 aromatic rings. The second-order valence-electron chi connectivity index (χ2n) is 3.51. The summed E-state index contributed by atoms with van der Waals surface area (Å²) < 4.78 is 35.8. The molecule has 0 radical (unpaired) electrons. The van der Waals surface area contributed by atoms with Crippen LogP contribution in [0.3, 0.4) is 0 Å². The van der Waals surface area contributed by atoms with Gasteiger partial charge in [0.05, 0.1) is 12.5 Å². The molecule has 5 nitrogen and oxygen atoms in total. The molecule has 1 saturated heterocycles. The number of likely N-dealkylation sites (tertiary alicyclic amines) is 1. The zero-order valence-electron chi connectivity index (χ0n) is 8.41. The van der Waals surface area contributed by atoms with E-state index in [9.17, 15) is 22.8 Å². The fourth-order valence-electron chi connectivity index (χ4n) is 1.28. The number of imide groups is 1. The predicted molar refractivity (Wildman–Crippen MR) is 46.2 cm³/mol. The van der Waals surface area contributed by atoms with Gasteiger partial charge in [-0.25, -0.2) is 0 Å². The number of rotatable bonds is 3. The van der Waals surface area contributed by atoms with E-state index in [2.05, 4.69) is 5.32 Å². The van der Waals surface area contributed by atoms with E-state index in [1.54, 1.807) is 0 Å². The SMILES string of the molecule is CN1C(=O)CC(NCC(O)C(F)(F)F)C1=O. The fourth-order valence-corrected chi connectivity index (χ4v) is 1.28. The van der Waals surface area contributed by atoms with Crippen molar-refractivity contribution in [3.05, 3.63) is 0 Å². The molecule has 0 aromatic carbocycles. The standard InChI is InChI=1S/C8H11F3N2O3/c1-13-6(15)2-4(7(13)16)12-3-5(14)8(9,10)11/h4-5,12,14H,2-3H2,1H3. The van der Waals surface area contributed by atoms with Gasteiger partial charge in [0.25, 0.3) is 0 Å². The number of aliphatic hydroxyl groups is 1. The van der Waals surface area contributed by atoms with Crippen LogP contribution >= 0.6 is 0 Å². The van der Waals surface area contributed by atoms with Gasteiger partial charge in [-0.1, -0.05) is 0 Å². The molecule has 2 amide bonds. The molecular formula is C8H11F3N2O3. The topological polar surface area (TPSA) is 69.6 Å². The van der Waals surface area contributed by atoms with E-state index in [4.69, 9.17) is 5.11 Å². The largest absolute Gasteiger partial charge is 0.415 e. The number of likely N-dealkylation sites (N-methyl/N-ethyl adjacent to an activating group) is 1. The Morgan fingerprint density at radius 3 is 2.50 bits per heavy atom. The van der Waals surface area contributed by atoms with Crippen molar-refractivity contribution < 1.29 is 27.9 Å². The average Bonchev–Trinajstić information content (AvgIpc) is 2.41. The van der Waals surface area contributed by atoms with Crippen LogP contribution in [0.1, 0.15) is 6.42 Å². The van der Waals surface area contributed by atoms with Crippen molar-refractivity contribution in [1.82, 2.24) is 10.2 Å². The Labute approximate surface area is 89.2 Å². The highest BCUT2D eigenvalue weighted by molar-refractivity contribution is 6.05. The zero-order valence-corrected chi connectivity index (χ0v) is 8.41. The van der Waals surface area contributed by atoms with E-state index in [0.29, 0.717) is 0 Å². The molecule has 0 saturated carbocycles. The van der Waals surface area contributed by atoms with E-state index in [1.165, 1.54) is 7.05 Å². The summed E-state index contributed by atoms with van der Waals surface area (Å²) in [6, 6.07) is -0.977. The third-order valence-electron chi connectivity index (χ3n) is 2.32. The van der Waals surface area contributed by atoms with Gasteiger partial charge in [-0.15, -0.1) is 0 Å². The highest BCUT2D eigenvalue weighted by Gasteiger charge is 2.41. The van der Waals surface area contributed by atoms with Crippen molar-refractivity contribution in [2.75, 3.05) is 13.6 Å². The van der Waals surface area contributed by atoms with Crippen molar-refractivity contribution in [3.63, 3.8) is 0 Å². The van der Waals surface area contributed by atoms with Crippen LogP contribution in [0.5, 0.6) is 0 Å². The van der Waals surface area contributed by atoms with Gasteiger partial charge in [-0.05, 0) is 0 Å². The first-order valence-corrected chi connectivity index (χ1v) is 4.52. The minimum absolute atomic E-state index is 0.181. The Hall–Kier alpha value is -1.15. The molecule has 1 heterocycles. The first-order valence-electron chi connectivity index (χ1n) is 4.52. The van der Waals surface area contributed by atoms with E-state index < -0.39 is 36.7 Å². The van der Waals surface area contributed by atoms with Gasteiger partial charge >= 0.3 is 6.18 Å². The molecule has 92 valence electrons. The molecule has 1 aliphatic heterocycles. The normalized spacial score (nSPS) is 24.1. The summed E-state index contributed by atoms with van der Waals surface area (Å²) in [5.74, 6) is -1.04. The van der Waals surface area contributed by atoms with Crippen LogP contribution < -0.4 is 5.32 Å². The maximum Gasteiger partial charge on any atom is 0.415 e. The number of hydrogen-bond donors (Lipinski definition) is 2. The average molecular weight is 240 g/mol. The Morgan fingerprint density at radius 2 is 2.12 bits per heavy atom. The molecule has 0 aliphatic carbocycles. The second kappa shape index (κ2) is 4.38. The minimum Gasteiger partial charge on any atom is -0.382 e. The van der Waals surface area contributed by atoms with Gasteiger partial charge in [-0.2, -0.15) is 13.2 Å². The summed E-state index contributed by atoms with van der Waals surface area (Å²) in [6.45, 7) is -0.805. The van der Waals surface area contributed by atoms with E-state index in [1.807, 2.05) is 0 Å². The van der Waals surface area contributed by atoms with E-state index in [-0.39, 0.29) is 6.42 Å². The minimum atomic E-state index is -4.73. The summed E-state index contributed by atoms with van der Waals surface area (Å²) in [5.41, 5.74) is 0. The number of aliphatic hydroxyl groups excluding tert-OH is 1. The third kappa shape index (κ3) is 2.70. The second-order valence-corrected chi connectivity index (χ2v) is 3.51. The van der Waals surface area contributed by atoms with Crippen molar-refractivity contribution in [3.8, 4) is 0 Å². The van der Waals surface area contributed by atoms with Crippen molar-refractivity contribution in [2.24, 2.45) is 0 Å². The van der Waals surface area contributed by atoms with Gasteiger partial charge in [0, 0.05) is 13.6 Å². The number of halogens is 3. The Bertz CT molecular complexity index is 305. The highest BCUT2D eigenvalue weighted by Crippen LogP contribution is 2.20. The lowest BCUT2D eigenvalue weighted by Gasteiger charge is -2.17. The van der Waals surface area contributed by atoms with Gasteiger partial charge in [0.1, 0.15) is 0 Å². The quantitative estimate of drug-likeness (QED) is 0.637. The molecular weight excluding hydrogens is 229 g/mol. The molecule has 8 heteroatoms. The molecule has 2 N–H and O–H groups in total. The van der Waals surface area contributed by atoms with E-state index >= 15 is 0 Å². The van der Waals surface area contributed by atoms with Crippen LogP contribution in [0.2, 0.25) is 0 Å². The lowest BCUT2D eigenvalue weighted by Crippen LogP contribution is -2.45. The van der Waals surface area contributed by atoms with Gasteiger partial charge < -0.3 is 10.4 Å². The van der Waals surface area contributed by atoms with E-state index in [0.717, 1.165) is 4.90 Å². The summed E-state index contributed by atoms with van der Waals surface area (Å²) in [6.07, 6.45) is -7.45. The van der Waals surface area contributed by atoms with Gasteiger partial charge in [0.2, 0.25) is 11.8 Å². The van der Waals surface area contributed by atoms with Crippen LogP contribution in [0.25, 0.3) is 0 Å². The molecule has 2 atom stereocenters. The van der Waals surface area contributed by atoms with Crippen molar-refractivity contribution >= 4 is 11.8 Å². The number of hydrogen-bond acceptors (Lipinski definition) is 4. The highest BCUT2D eigenvalue weighted by atomic mass is 19.4. The molecule has 0 spiro atoms. The fraction of sp³-hybridized carbons (Fsp3) is 0.750. The number of nitrogens with one attached hydrogen (secondary N) is 1. The lowest BCUT2D eigenvalue weighted by atomic mass is 10.2. The Balaban J connectivity index is 2.46. The monoisotopic (exact) mass is 240 g/mol. The van der Waals surface area contributed by atoms with Gasteiger partial charge in [-0.3, -0.25) is 14.5 Å². The van der Waals surface area contributed by atoms with Crippen LogP contribution in [0, 0.1) is 0 Å². The first-order chi connectivity index (χ1) is 7.23. The molecule has 2 unspecified atom stereocenters. The molecule has 0 aromatic heterocycles. The predicted octanol–water partition coefficient (Wildman–Crippen LogP) is -0.744. The van der Waals surface area contributed by atoms with Crippen LogP contribution in [-0.4, -0.2) is 53.7 Å². The zero-order chi connectivity index (χ0) is 12.5. The maximum atomic E-state index is 11.9. The van der Waals surface area contributed by atoms with Crippen LogP contribution in [0.15, 0.2) is 0 Å². The third-order valence-corrected chi connectivity index (χ3v) is 2.32. The molecule has 1 fully saturated rings. The molecule has 0 bridgehead atoms. The Kier molecular flexibility index (Phi) is 3.54. The number of alkyl halides is 3. The summed E-state index contributed by atoms with van der Waals surface area (Å²) >= 11 is 0. The summed E-state index contributed by atoms with van der Waals surface area (Å²) in [5, 5.41) is 10.9. The van der Waals surface area contributed by atoms with Crippen LogP contribution in [0.4, 0.5) is 13.2 Å². The number of nitrogens with zero attached hydrogens (tertiary/aromatic N) is 1. The summed E-state index contributed by atoms with van der Waals surface area (Å²) in [7, 11) is 1.26. The number of carbonyl (C=O) groups is 2. The molecule has 1 aliphatic rings. The lowest BCUT2D eigenvalue weighted by molar-refractivity contribution is -0.202. The number of carbonyl (C=O) groups excluding carboxylic acids is 2. The van der Waals surface area contributed by atoms with Crippen molar-refractivity contribution in [2.45, 2.75) is 24.7 Å². The number of amides is 2. The summed E-state index contributed by atoms with van der Waals surface area (Å²) in [4.78, 5) is 23.1. The maximum absolute atomic E-state index is 11.9. The smallest absolute Gasteiger partial charge is 0.382 e. The van der Waals surface area contributed by atoms with Gasteiger partial charge in [0.15, 0.2) is 6.10 Å². The first kappa shape index (κ1) is 12.9. The van der Waals surface area contributed by atoms with Crippen molar-refractivity contribution in [1.29, 1.82) is 0 Å². The van der Waals surface area contributed by atoms with Crippen LogP contribution in [-0.2, 0) is 9.59 Å². The molecule has 1 rings (SSSR count). The Morgan fingerprint density at radius 1 is 1.56 bits per heavy atom.